The minimum Gasteiger partial charge on any atom is -0.306 e. The van der Waals surface area contributed by atoms with E-state index in [4.69, 9.17) is 0 Å². The number of hydrogen-bond acceptors (Lipinski definition) is 5. The minimum absolute atomic E-state index is 0.102. The second kappa shape index (κ2) is 5.83. The van der Waals surface area contributed by atoms with Gasteiger partial charge in [-0.1, -0.05) is 12.1 Å². The lowest BCUT2D eigenvalue weighted by Gasteiger charge is -2.03. The number of non-ortho nitro benzene ring substituents is 1. The predicted molar refractivity (Wildman–Crippen MR) is 65.7 cm³/mol. The van der Waals surface area contributed by atoms with E-state index in [9.17, 15) is 10.1 Å². The summed E-state index contributed by atoms with van der Waals surface area (Å²) in [6.07, 6.45) is 3.38. The fourth-order valence-electron chi connectivity index (χ4n) is 1.48. The van der Waals surface area contributed by atoms with Gasteiger partial charge >= 0.3 is 0 Å². The summed E-state index contributed by atoms with van der Waals surface area (Å²) in [6, 6.07) is 8.22. The van der Waals surface area contributed by atoms with Crippen LogP contribution in [0.2, 0.25) is 0 Å². The SMILES string of the molecule is O=[N+]([O-])c1ccc(CNCc2ncccn2)cc1. The first-order chi connectivity index (χ1) is 8.75. The summed E-state index contributed by atoms with van der Waals surface area (Å²) in [4.78, 5) is 18.2. The molecule has 0 spiro atoms. The third kappa shape index (κ3) is 3.33. The van der Waals surface area contributed by atoms with Crippen molar-refractivity contribution in [3.05, 3.63) is 64.2 Å². The molecule has 0 amide bonds. The Morgan fingerprint density at radius 2 is 1.78 bits per heavy atom. The fraction of sp³-hybridized carbons (Fsp3) is 0.167. The van der Waals surface area contributed by atoms with Gasteiger partial charge in [0, 0.05) is 31.1 Å². The molecular weight excluding hydrogens is 232 g/mol. The lowest BCUT2D eigenvalue weighted by Crippen LogP contribution is -2.14. The van der Waals surface area contributed by atoms with E-state index in [-0.39, 0.29) is 5.69 Å². The number of rotatable bonds is 5. The van der Waals surface area contributed by atoms with Crippen LogP contribution in [0.5, 0.6) is 0 Å². The molecule has 2 rings (SSSR count). The molecule has 0 saturated carbocycles. The van der Waals surface area contributed by atoms with Gasteiger partial charge in [0.25, 0.3) is 5.69 Å². The largest absolute Gasteiger partial charge is 0.306 e. The zero-order valence-corrected chi connectivity index (χ0v) is 9.61. The van der Waals surface area contributed by atoms with Crippen LogP contribution in [0.3, 0.4) is 0 Å². The van der Waals surface area contributed by atoms with E-state index in [1.54, 1.807) is 30.6 Å². The number of nitro benzene ring substituents is 1. The van der Waals surface area contributed by atoms with E-state index in [0.717, 1.165) is 11.4 Å². The Kier molecular flexibility index (Phi) is 3.93. The number of aromatic nitrogens is 2. The highest BCUT2D eigenvalue weighted by molar-refractivity contribution is 5.32. The summed E-state index contributed by atoms with van der Waals surface area (Å²) >= 11 is 0. The summed E-state index contributed by atoms with van der Waals surface area (Å²) in [5.74, 6) is 0.722. The van der Waals surface area contributed by atoms with Gasteiger partial charge in [0.15, 0.2) is 0 Å². The molecule has 92 valence electrons. The maximum atomic E-state index is 10.5. The van der Waals surface area contributed by atoms with Crippen LogP contribution in [0.4, 0.5) is 5.69 Å². The van der Waals surface area contributed by atoms with E-state index < -0.39 is 4.92 Å². The van der Waals surface area contributed by atoms with Crippen LogP contribution in [-0.2, 0) is 13.1 Å². The molecule has 1 aromatic heterocycles. The van der Waals surface area contributed by atoms with E-state index in [1.807, 2.05) is 0 Å². The molecular formula is C12H12N4O2. The van der Waals surface area contributed by atoms with Gasteiger partial charge in [0.2, 0.25) is 0 Å². The van der Waals surface area contributed by atoms with E-state index in [2.05, 4.69) is 15.3 Å². The molecule has 18 heavy (non-hydrogen) atoms. The van der Waals surface area contributed by atoms with Crippen LogP contribution in [0.25, 0.3) is 0 Å². The Balaban J connectivity index is 1.85. The standard InChI is InChI=1S/C12H12N4O2/c17-16(18)11-4-2-10(3-5-11)8-13-9-12-14-6-1-7-15-12/h1-7,13H,8-9H2. The molecule has 0 unspecified atom stereocenters. The van der Waals surface area contributed by atoms with Gasteiger partial charge in [-0.3, -0.25) is 10.1 Å². The van der Waals surface area contributed by atoms with Crippen LogP contribution in [0.15, 0.2) is 42.7 Å². The molecule has 2 aromatic rings. The molecule has 1 N–H and O–H groups in total. The van der Waals surface area contributed by atoms with Crippen LogP contribution in [0.1, 0.15) is 11.4 Å². The summed E-state index contributed by atoms with van der Waals surface area (Å²) in [5, 5.41) is 13.7. The highest BCUT2D eigenvalue weighted by Gasteiger charge is 2.03. The van der Waals surface area contributed by atoms with Crippen molar-refractivity contribution in [2.45, 2.75) is 13.1 Å². The molecule has 0 saturated heterocycles. The van der Waals surface area contributed by atoms with E-state index in [0.29, 0.717) is 13.1 Å². The molecule has 6 heteroatoms. The predicted octanol–water partition coefficient (Wildman–Crippen LogP) is 1.67. The van der Waals surface area contributed by atoms with Crippen LogP contribution in [-0.4, -0.2) is 14.9 Å². The Morgan fingerprint density at radius 1 is 1.11 bits per heavy atom. The van der Waals surface area contributed by atoms with Gasteiger partial charge in [-0.2, -0.15) is 0 Å². The molecule has 1 heterocycles. The smallest absolute Gasteiger partial charge is 0.269 e. The molecule has 0 aliphatic carbocycles. The summed E-state index contributed by atoms with van der Waals surface area (Å²) in [6.45, 7) is 1.19. The maximum absolute atomic E-state index is 10.5. The second-order valence-electron chi connectivity index (χ2n) is 3.69. The lowest BCUT2D eigenvalue weighted by molar-refractivity contribution is -0.384. The van der Waals surface area contributed by atoms with Crippen molar-refractivity contribution in [3.63, 3.8) is 0 Å². The molecule has 0 aliphatic rings. The van der Waals surface area contributed by atoms with Crippen molar-refractivity contribution >= 4 is 5.69 Å². The van der Waals surface area contributed by atoms with Crippen molar-refractivity contribution in [2.24, 2.45) is 0 Å². The molecule has 0 radical (unpaired) electrons. The normalized spacial score (nSPS) is 10.2. The van der Waals surface area contributed by atoms with Gasteiger partial charge in [0.05, 0.1) is 11.5 Å². The van der Waals surface area contributed by atoms with E-state index >= 15 is 0 Å². The zero-order valence-electron chi connectivity index (χ0n) is 9.61. The molecule has 1 aromatic carbocycles. The molecule has 0 atom stereocenters. The number of nitrogens with one attached hydrogen (secondary N) is 1. The monoisotopic (exact) mass is 244 g/mol. The first kappa shape index (κ1) is 12.1. The van der Waals surface area contributed by atoms with Crippen LogP contribution in [0, 0.1) is 10.1 Å². The molecule has 0 bridgehead atoms. The number of nitrogens with zero attached hydrogens (tertiary/aromatic N) is 3. The van der Waals surface area contributed by atoms with Crippen LogP contribution < -0.4 is 5.32 Å². The zero-order chi connectivity index (χ0) is 12.8. The van der Waals surface area contributed by atoms with Crippen molar-refractivity contribution < 1.29 is 4.92 Å². The van der Waals surface area contributed by atoms with Crippen molar-refractivity contribution in [1.29, 1.82) is 0 Å². The number of nitro groups is 1. The Hall–Kier alpha value is -2.34. The van der Waals surface area contributed by atoms with Gasteiger partial charge in [-0.15, -0.1) is 0 Å². The van der Waals surface area contributed by atoms with Crippen molar-refractivity contribution in [3.8, 4) is 0 Å². The Bertz CT molecular complexity index is 513. The van der Waals surface area contributed by atoms with Crippen molar-refractivity contribution in [1.82, 2.24) is 15.3 Å². The fourth-order valence-corrected chi connectivity index (χ4v) is 1.48. The maximum Gasteiger partial charge on any atom is 0.269 e. The van der Waals surface area contributed by atoms with Crippen molar-refractivity contribution in [2.75, 3.05) is 0 Å². The quantitative estimate of drug-likeness (QED) is 0.639. The minimum atomic E-state index is -0.408. The Labute approximate surface area is 104 Å². The number of hydrogen-bond donors (Lipinski definition) is 1. The third-order valence-electron chi connectivity index (χ3n) is 2.38. The first-order valence-corrected chi connectivity index (χ1v) is 5.45. The molecule has 0 aliphatic heterocycles. The summed E-state index contributed by atoms with van der Waals surface area (Å²) in [7, 11) is 0. The highest BCUT2D eigenvalue weighted by Crippen LogP contribution is 2.11. The van der Waals surface area contributed by atoms with Gasteiger partial charge in [-0.25, -0.2) is 9.97 Å². The topological polar surface area (TPSA) is 81.0 Å². The second-order valence-corrected chi connectivity index (χ2v) is 3.69. The average Bonchev–Trinajstić information content (AvgIpc) is 2.40. The lowest BCUT2D eigenvalue weighted by atomic mass is 10.2. The average molecular weight is 244 g/mol. The molecule has 0 fully saturated rings. The van der Waals surface area contributed by atoms with Gasteiger partial charge < -0.3 is 5.32 Å². The first-order valence-electron chi connectivity index (χ1n) is 5.45. The van der Waals surface area contributed by atoms with Gasteiger partial charge in [0.1, 0.15) is 5.82 Å². The molecule has 6 nitrogen and oxygen atoms in total. The van der Waals surface area contributed by atoms with Crippen LogP contribution >= 0.6 is 0 Å². The summed E-state index contributed by atoms with van der Waals surface area (Å²) in [5.41, 5.74) is 1.08. The third-order valence-corrected chi connectivity index (χ3v) is 2.38. The highest BCUT2D eigenvalue weighted by atomic mass is 16.6. The summed E-state index contributed by atoms with van der Waals surface area (Å²) < 4.78 is 0. The van der Waals surface area contributed by atoms with E-state index in [1.165, 1.54) is 12.1 Å². The Morgan fingerprint density at radius 3 is 2.39 bits per heavy atom. The van der Waals surface area contributed by atoms with Gasteiger partial charge in [-0.05, 0) is 11.6 Å². The number of benzene rings is 1.